The number of anilines is 1. The van der Waals surface area contributed by atoms with Gasteiger partial charge in [-0.25, -0.2) is 4.98 Å². The van der Waals surface area contributed by atoms with E-state index in [0.717, 1.165) is 37.9 Å². The number of methoxy groups -OCH3 is 1. The zero-order chi connectivity index (χ0) is 20.8. The number of aromatic nitrogens is 3. The predicted octanol–water partition coefficient (Wildman–Crippen LogP) is 5.00. The molecule has 6 nitrogen and oxygen atoms in total. The Morgan fingerprint density at radius 1 is 1.23 bits per heavy atom. The van der Waals surface area contributed by atoms with E-state index in [1.54, 1.807) is 23.6 Å². The normalized spacial score (nSPS) is 15.8. The van der Waals surface area contributed by atoms with Crippen molar-refractivity contribution in [3.05, 3.63) is 59.3 Å². The lowest BCUT2D eigenvalue weighted by molar-refractivity contribution is -0.116. The molecule has 8 heteroatoms. The summed E-state index contributed by atoms with van der Waals surface area (Å²) in [6, 6.07) is 14.2. The third kappa shape index (κ3) is 3.16. The molecule has 0 spiro atoms. The highest BCUT2D eigenvalue weighted by Gasteiger charge is 2.33. The van der Waals surface area contributed by atoms with Gasteiger partial charge in [-0.3, -0.25) is 4.79 Å². The van der Waals surface area contributed by atoms with Gasteiger partial charge in [0.15, 0.2) is 0 Å². The van der Waals surface area contributed by atoms with E-state index in [1.807, 2.05) is 25.1 Å². The van der Waals surface area contributed by atoms with Crippen LogP contribution in [0.4, 0.5) is 5.82 Å². The third-order valence-corrected chi connectivity index (χ3v) is 7.12. The maximum Gasteiger partial charge on any atom is 0.226 e. The summed E-state index contributed by atoms with van der Waals surface area (Å²) in [5, 5.41) is 8.52. The molecule has 0 radical (unpaired) electrons. The lowest BCUT2D eigenvalue weighted by atomic mass is 9.86. The largest absolute Gasteiger partial charge is 0.497 e. The van der Waals surface area contributed by atoms with Crippen LogP contribution in [-0.4, -0.2) is 34.0 Å². The van der Waals surface area contributed by atoms with Crippen molar-refractivity contribution < 1.29 is 9.53 Å². The van der Waals surface area contributed by atoms with E-state index >= 15 is 0 Å². The first-order valence-electron chi connectivity index (χ1n) is 9.55. The van der Waals surface area contributed by atoms with Crippen molar-refractivity contribution in [1.29, 1.82) is 0 Å². The molecule has 5 rings (SSSR count). The Morgan fingerprint density at radius 2 is 2.03 bits per heavy atom. The number of nitrogens with zero attached hydrogens (tertiary/aromatic N) is 3. The van der Waals surface area contributed by atoms with Crippen LogP contribution >= 0.6 is 23.1 Å². The van der Waals surface area contributed by atoms with Crippen molar-refractivity contribution in [2.45, 2.75) is 24.2 Å². The molecule has 2 aromatic heterocycles. The van der Waals surface area contributed by atoms with E-state index in [2.05, 4.69) is 35.8 Å². The molecule has 152 valence electrons. The van der Waals surface area contributed by atoms with Crippen LogP contribution in [0.25, 0.3) is 15.3 Å². The maximum atomic E-state index is 12.6. The van der Waals surface area contributed by atoms with Crippen LogP contribution in [0.1, 0.15) is 29.2 Å². The van der Waals surface area contributed by atoms with Gasteiger partial charge in [-0.05, 0) is 49.1 Å². The maximum absolute atomic E-state index is 12.6. The van der Waals surface area contributed by atoms with Gasteiger partial charge in [-0.2, -0.15) is 9.78 Å². The average Bonchev–Trinajstić information content (AvgIpc) is 3.33. The number of aryl methyl sites for hydroxylation is 1. The molecule has 4 aromatic rings. The second kappa shape index (κ2) is 7.45. The average molecular weight is 437 g/mol. The highest BCUT2D eigenvalue weighted by molar-refractivity contribution is 7.98. The smallest absolute Gasteiger partial charge is 0.226 e. The summed E-state index contributed by atoms with van der Waals surface area (Å²) in [4.78, 5) is 18.5. The summed E-state index contributed by atoms with van der Waals surface area (Å²) in [7, 11) is 1.65. The topological polar surface area (TPSA) is 69.0 Å². The lowest BCUT2D eigenvalue weighted by Gasteiger charge is -2.24. The van der Waals surface area contributed by atoms with Gasteiger partial charge in [0.2, 0.25) is 11.0 Å². The number of thiazole rings is 1. The Kier molecular flexibility index (Phi) is 4.75. The number of ether oxygens (including phenoxy) is 1. The quantitative estimate of drug-likeness (QED) is 0.456. The number of fused-ring (bicyclic) bond motifs is 2. The Bertz CT molecular complexity index is 1260. The number of rotatable bonds is 4. The van der Waals surface area contributed by atoms with Gasteiger partial charge < -0.3 is 10.1 Å². The molecule has 0 unspecified atom stereocenters. The lowest BCUT2D eigenvalue weighted by Crippen LogP contribution is -2.24. The monoisotopic (exact) mass is 436 g/mol. The molecule has 1 aliphatic rings. The molecule has 1 amide bonds. The van der Waals surface area contributed by atoms with Gasteiger partial charge >= 0.3 is 0 Å². The van der Waals surface area contributed by atoms with Crippen LogP contribution in [0.3, 0.4) is 0 Å². The first-order valence-corrected chi connectivity index (χ1v) is 11.6. The molecule has 0 saturated heterocycles. The highest BCUT2D eigenvalue weighted by Crippen LogP contribution is 2.41. The minimum atomic E-state index is -0.0205. The van der Waals surface area contributed by atoms with Crippen LogP contribution in [-0.2, 0) is 4.79 Å². The first kappa shape index (κ1) is 19.1. The molecule has 0 bridgehead atoms. The van der Waals surface area contributed by atoms with Gasteiger partial charge in [-0.15, -0.1) is 11.8 Å². The summed E-state index contributed by atoms with van der Waals surface area (Å²) >= 11 is 3.23. The van der Waals surface area contributed by atoms with Gasteiger partial charge in [0.25, 0.3) is 0 Å². The second-order valence-electron chi connectivity index (χ2n) is 7.17. The molecule has 0 aliphatic carbocycles. The predicted molar refractivity (Wildman–Crippen MR) is 121 cm³/mol. The van der Waals surface area contributed by atoms with Gasteiger partial charge in [-0.1, -0.05) is 23.5 Å². The number of nitrogens with one attached hydrogen (secondary N) is 1. The van der Waals surface area contributed by atoms with Crippen LogP contribution in [0.5, 0.6) is 5.75 Å². The molecule has 2 aromatic carbocycles. The zero-order valence-electron chi connectivity index (χ0n) is 16.8. The Hall–Kier alpha value is -2.84. The minimum Gasteiger partial charge on any atom is -0.497 e. The van der Waals surface area contributed by atoms with Crippen molar-refractivity contribution in [2.24, 2.45) is 0 Å². The Balaban J connectivity index is 1.62. The fourth-order valence-electron chi connectivity index (χ4n) is 3.92. The number of amides is 1. The number of carbonyl (C=O) groups is 1. The van der Waals surface area contributed by atoms with Crippen molar-refractivity contribution in [2.75, 3.05) is 18.7 Å². The fraction of sp³-hybridized carbons (Fsp3) is 0.227. The minimum absolute atomic E-state index is 0.00891. The molecule has 0 saturated carbocycles. The summed E-state index contributed by atoms with van der Waals surface area (Å²) in [5.41, 5.74) is 3.97. The number of thioether (sulfide) groups is 1. The molecule has 0 fully saturated rings. The van der Waals surface area contributed by atoms with E-state index < -0.39 is 0 Å². The SMILES string of the molecule is COc1ccc2nc(-n3nc(C)c4c3NC(=O)C[C@H]4c3ccc(SC)cc3)sc2c1. The fourth-order valence-corrected chi connectivity index (χ4v) is 5.28. The molecular formula is C22H20N4O2S2. The Morgan fingerprint density at radius 3 is 2.77 bits per heavy atom. The third-order valence-electron chi connectivity index (χ3n) is 5.39. The summed E-state index contributed by atoms with van der Waals surface area (Å²) in [6.07, 6.45) is 2.47. The number of benzene rings is 2. The molecule has 1 atom stereocenters. The van der Waals surface area contributed by atoms with Crippen LogP contribution in [0, 0.1) is 6.92 Å². The van der Waals surface area contributed by atoms with Crippen LogP contribution < -0.4 is 10.1 Å². The van der Waals surface area contributed by atoms with E-state index in [0.29, 0.717) is 12.2 Å². The molecule has 3 heterocycles. The standard InChI is InChI=1S/C22H20N4O2S2/c1-12-20-16(13-4-7-15(29-3)8-5-13)11-19(27)24-21(20)26(25-12)22-23-17-9-6-14(28-2)10-18(17)30-22/h4-10,16H,11H2,1-3H3,(H,24,27)/t16-/m0/s1. The number of hydrogen-bond acceptors (Lipinski definition) is 6. The molecule has 30 heavy (non-hydrogen) atoms. The van der Waals surface area contributed by atoms with Crippen molar-refractivity contribution in [1.82, 2.24) is 14.8 Å². The van der Waals surface area contributed by atoms with Gasteiger partial charge in [0, 0.05) is 22.8 Å². The van der Waals surface area contributed by atoms with E-state index in [-0.39, 0.29) is 11.8 Å². The zero-order valence-corrected chi connectivity index (χ0v) is 18.4. The number of hydrogen-bond donors (Lipinski definition) is 1. The summed E-state index contributed by atoms with van der Waals surface area (Å²) in [6.45, 7) is 1.99. The Labute approximate surface area is 182 Å². The molecule has 1 N–H and O–H groups in total. The summed E-state index contributed by atoms with van der Waals surface area (Å²) < 4.78 is 8.10. The van der Waals surface area contributed by atoms with Gasteiger partial charge in [0.05, 0.1) is 23.0 Å². The number of carbonyl (C=O) groups excluding carboxylic acids is 1. The van der Waals surface area contributed by atoms with E-state index in [4.69, 9.17) is 14.8 Å². The highest BCUT2D eigenvalue weighted by atomic mass is 32.2. The van der Waals surface area contributed by atoms with Crippen LogP contribution in [0.15, 0.2) is 47.4 Å². The van der Waals surface area contributed by atoms with Crippen LogP contribution in [0.2, 0.25) is 0 Å². The van der Waals surface area contributed by atoms with E-state index in [1.165, 1.54) is 16.2 Å². The second-order valence-corrected chi connectivity index (χ2v) is 9.06. The van der Waals surface area contributed by atoms with Gasteiger partial charge in [0.1, 0.15) is 11.6 Å². The van der Waals surface area contributed by atoms with E-state index in [9.17, 15) is 4.79 Å². The molecular weight excluding hydrogens is 416 g/mol. The summed E-state index contributed by atoms with van der Waals surface area (Å²) in [5.74, 6) is 1.48. The van der Waals surface area contributed by atoms with Crippen molar-refractivity contribution >= 4 is 45.0 Å². The first-order chi connectivity index (χ1) is 14.6. The molecule has 1 aliphatic heterocycles. The van der Waals surface area contributed by atoms with Crippen molar-refractivity contribution in [3.8, 4) is 10.9 Å². The van der Waals surface area contributed by atoms with Crippen molar-refractivity contribution in [3.63, 3.8) is 0 Å².